The van der Waals surface area contributed by atoms with Crippen LogP contribution in [0.15, 0.2) is 24.3 Å². The molecule has 1 amide bonds. The van der Waals surface area contributed by atoms with Crippen LogP contribution in [0.4, 0.5) is 5.69 Å². The number of benzene rings is 1. The minimum atomic E-state index is -0.333. The lowest BCUT2D eigenvalue weighted by Crippen LogP contribution is -2.20. The number of nitrogens with one attached hydrogen (secondary N) is 1. The van der Waals surface area contributed by atoms with Crippen LogP contribution in [-0.2, 0) is 4.79 Å². The Balaban J connectivity index is 2.80. The molecule has 0 aromatic heterocycles. The van der Waals surface area contributed by atoms with Gasteiger partial charge in [0.1, 0.15) is 5.75 Å². The average molecular weight is 211 g/mol. The van der Waals surface area contributed by atoms with Crippen LogP contribution in [0.1, 0.15) is 6.92 Å². The maximum absolute atomic E-state index is 11.3. The van der Waals surface area contributed by atoms with Crippen LogP contribution in [0.25, 0.3) is 0 Å². The van der Waals surface area contributed by atoms with E-state index in [4.69, 9.17) is 4.74 Å². The average Bonchev–Trinajstić information content (AvgIpc) is 2.18. The fourth-order valence-corrected chi connectivity index (χ4v) is 1.05. The molecule has 0 saturated carbocycles. The van der Waals surface area contributed by atoms with E-state index in [2.05, 4.69) is 17.9 Å². The molecule has 0 fully saturated rings. The zero-order valence-corrected chi connectivity index (χ0v) is 9.04. The Morgan fingerprint density at radius 2 is 2.14 bits per heavy atom. The third-order valence-electron chi connectivity index (χ3n) is 1.74. The fraction of sp³-hybridized carbons (Fsp3) is 0.300. The van der Waals surface area contributed by atoms with Crippen LogP contribution in [0.3, 0.4) is 0 Å². The highest BCUT2D eigenvalue weighted by atomic mass is 32.1. The Hall–Kier alpha value is -1.16. The van der Waals surface area contributed by atoms with Gasteiger partial charge in [-0.15, -0.1) is 0 Å². The van der Waals surface area contributed by atoms with E-state index in [1.54, 1.807) is 26.2 Å². The lowest BCUT2D eigenvalue weighted by molar-refractivity contribution is -0.115. The molecule has 0 radical (unpaired) electrons. The van der Waals surface area contributed by atoms with Crippen LogP contribution in [0.2, 0.25) is 0 Å². The largest absolute Gasteiger partial charge is 0.495 e. The summed E-state index contributed by atoms with van der Waals surface area (Å²) in [5, 5.41) is 2.39. The minimum Gasteiger partial charge on any atom is -0.495 e. The molecule has 1 aromatic carbocycles. The molecule has 14 heavy (non-hydrogen) atoms. The normalized spacial score (nSPS) is 11.9. The van der Waals surface area contributed by atoms with Crippen molar-refractivity contribution in [2.45, 2.75) is 12.2 Å². The first-order valence-electron chi connectivity index (χ1n) is 4.27. The number of thiol groups is 1. The summed E-state index contributed by atoms with van der Waals surface area (Å²) < 4.78 is 5.09. The van der Waals surface area contributed by atoms with Gasteiger partial charge in [0.15, 0.2) is 0 Å². The van der Waals surface area contributed by atoms with Gasteiger partial charge in [0.2, 0.25) is 5.91 Å². The summed E-state index contributed by atoms with van der Waals surface area (Å²) in [4.78, 5) is 11.3. The van der Waals surface area contributed by atoms with E-state index in [9.17, 15) is 4.79 Å². The highest BCUT2D eigenvalue weighted by Crippen LogP contribution is 2.23. The van der Waals surface area contributed by atoms with Crippen LogP contribution in [-0.4, -0.2) is 18.3 Å². The molecule has 76 valence electrons. The molecule has 0 aliphatic rings. The van der Waals surface area contributed by atoms with Gasteiger partial charge in [0, 0.05) is 0 Å². The predicted octanol–water partition coefficient (Wildman–Crippen LogP) is 1.95. The second-order valence-electron chi connectivity index (χ2n) is 2.87. The van der Waals surface area contributed by atoms with Gasteiger partial charge >= 0.3 is 0 Å². The Morgan fingerprint density at radius 3 is 2.71 bits per heavy atom. The summed E-state index contributed by atoms with van der Waals surface area (Å²) >= 11 is 4.03. The molecule has 3 nitrogen and oxygen atoms in total. The lowest BCUT2D eigenvalue weighted by atomic mass is 10.3. The Morgan fingerprint density at radius 1 is 1.50 bits per heavy atom. The maximum Gasteiger partial charge on any atom is 0.237 e. The standard InChI is InChI=1S/C10H13NO2S/c1-7(14)10(12)11-8-5-3-4-6-9(8)13-2/h3-7,14H,1-2H3,(H,11,12). The number of carbonyl (C=O) groups is 1. The number of hydrogen-bond acceptors (Lipinski definition) is 3. The van der Waals surface area contributed by atoms with Gasteiger partial charge in [-0.3, -0.25) is 4.79 Å². The van der Waals surface area contributed by atoms with Gasteiger partial charge in [-0.2, -0.15) is 12.6 Å². The van der Waals surface area contributed by atoms with Gasteiger partial charge in [-0.05, 0) is 19.1 Å². The molecule has 0 heterocycles. The van der Waals surface area contributed by atoms with Crippen LogP contribution >= 0.6 is 12.6 Å². The highest BCUT2D eigenvalue weighted by molar-refractivity contribution is 7.81. The predicted molar refractivity (Wildman–Crippen MR) is 60.1 cm³/mol. The van der Waals surface area contributed by atoms with E-state index in [1.165, 1.54) is 0 Å². The Bertz CT molecular complexity index is 326. The van der Waals surface area contributed by atoms with Gasteiger partial charge in [0.05, 0.1) is 18.0 Å². The molecule has 1 aromatic rings. The lowest BCUT2D eigenvalue weighted by Gasteiger charge is -2.10. The molecule has 0 bridgehead atoms. The molecule has 1 atom stereocenters. The van der Waals surface area contributed by atoms with Gasteiger partial charge in [-0.25, -0.2) is 0 Å². The first kappa shape index (κ1) is 10.9. The van der Waals surface area contributed by atoms with Gasteiger partial charge < -0.3 is 10.1 Å². The maximum atomic E-state index is 11.3. The molecule has 1 unspecified atom stereocenters. The van der Waals surface area contributed by atoms with Crippen molar-refractivity contribution in [3.63, 3.8) is 0 Å². The van der Waals surface area contributed by atoms with E-state index in [-0.39, 0.29) is 11.2 Å². The van der Waals surface area contributed by atoms with Crippen molar-refractivity contribution in [2.75, 3.05) is 12.4 Å². The highest BCUT2D eigenvalue weighted by Gasteiger charge is 2.10. The molecule has 1 rings (SSSR count). The summed E-state index contributed by atoms with van der Waals surface area (Å²) in [6, 6.07) is 7.26. The molecule has 0 aliphatic carbocycles. The zero-order chi connectivity index (χ0) is 10.6. The Labute approximate surface area is 88.9 Å². The number of amides is 1. The van der Waals surface area contributed by atoms with Crippen LogP contribution < -0.4 is 10.1 Å². The molecule has 4 heteroatoms. The topological polar surface area (TPSA) is 38.3 Å². The fourth-order valence-electron chi connectivity index (χ4n) is 0.985. The summed E-state index contributed by atoms with van der Waals surface area (Å²) in [6.45, 7) is 1.72. The summed E-state index contributed by atoms with van der Waals surface area (Å²) in [5.41, 5.74) is 0.668. The first-order valence-corrected chi connectivity index (χ1v) is 4.78. The second kappa shape index (κ2) is 4.91. The summed E-state index contributed by atoms with van der Waals surface area (Å²) in [7, 11) is 1.56. The molecule has 1 N–H and O–H groups in total. The van der Waals surface area contributed by atoms with Crippen molar-refractivity contribution in [3.05, 3.63) is 24.3 Å². The smallest absolute Gasteiger partial charge is 0.237 e. The van der Waals surface area contributed by atoms with Gasteiger partial charge in [0.25, 0.3) is 0 Å². The van der Waals surface area contributed by atoms with E-state index in [1.807, 2.05) is 12.1 Å². The summed E-state index contributed by atoms with van der Waals surface area (Å²) in [6.07, 6.45) is 0. The van der Waals surface area contributed by atoms with Crippen molar-refractivity contribution in [3.8, 4) is 5.75 Å². The number of anilines is 1. The van der Waals surface area contributed by atoms with E-state index in [0.717, 1.165) is 0 Å². The van der Waals surface area contributed by atoms with Crippen molar-refractivity contribution in [1.29, 1.82) is 0 Å². The number of carbonyl (C=O) groups excluding carboxylic acids is 1. The van der Waals surface area contributed by atoms with Crippen LogP contribution in [0.5, 0.6) is 5.75 Å². The molecular formula is C10H13NO2S. The van der Waals surface area contributed by atoms with Crippen LogP contribution in [0, 0.1) is 0 Å². The Kier molecular flexibility index (Phi) is 3.83. The first-order chi connectivity index (χ1) is 6.65. The zero-order valence-electron chi connectivity index (χ0n) is 8.15. The van der Waals surface area contributed by atoms with Crippen molar-refractivity contribution in [2.24, 2.45) is 0 Å². The third-order valence-corrected chi connectivity index (χ3v) is 1.98. The SMILES string of the molecule is COc1ccccc1NC(=O)C(C)S. The minimum absolute atomic E-state index is 0.141. The second-order valence-corrected chi connectivity index (χ2v) is 3.64. The quantitative estimate of drug-likeness (QED) is 0.750. The number of ether oxygens (including phenoxy) is 1. The van der Waals surface area contributed by atoms with E-state index in [0.29, 0.717) is 11.4 Å². The molecule has 0 saturated heterocycles. The monoisotopic (exact) mass is 211 g/mol. The van der Waals surface area contributed by atoms with Crippen molar-refractivity contribution >= 4 is 24.2 Å². The number of hydrogen-bond donors (Lipinski definition) is 2. The van der Waals surface area contributed by atoms with Crippen molar-refractivity contribution in [1.82, 2.24) is 0 Å². The van der Waals surface area contributed by atoms with Crippen molar-refractivity contribution < 1.29 is 9.53 Å². The molecular weight excluding hydrogens is 198 g/mol. The van der Waals surface area contributed by atoms with E-state index < -0.39 is 0 Å². The molecule has 0 aliphatic heterocycles. The van der Waals surface area contributed by atoms with E-state index >= 15 is 0 Å². The van der Waals surface area contributed by atoms with Gasteiger partial charge in [-0.1, -0.05) is 12.1 Å². The summed E-state index contributed by atoms with van der Waals surface area (Å²) in [5.74, 6) is 0.507. The third kappa shape index (κ3) is 2.67. The number of para-hydroxylation sites is 2. The molecule has 0 spiro atoms. The number of rotatable bonds is 3. The number of methoxy groups -OCH3 is 1.